The number of rotatable bonds is 95. The van der Waals surface area contributed by atoms with Gasteiger partial charge in [0.1, 0.15) is 0 Å². The Bertz CT molecular complexity index is 2480. The van der Waals surface area contributed by atoms with Gasteiger partial charge in [-0.1, -0.05) is 623 Å². The second-order valence-corrected chi connectivity index (χ2v) is 39.5. The molecule has 0 aliphatic carbocycles. The molecule has 0 aromatic heterocycles. The molecule has 1 aliphatic heterocycles. The molecule has 0 N–H and O–H groups in total. The Labute approximate surface area is 791 Å². The van der Waals surface area contributed by atoms with E-state index in [0.29, 0.717) is 0 Å². The molecule has 0 fully saturated rings. The Morgan fingerprint density at radius 3 is 0.581 bits per heavy atom. The van der Waals surface area contributed by atoms with E-state index in [1.165, 1.54) is 570 Å². The SMILES string of the molecule is CCCCCCCCCCCCCCCCCCCC=CC1=C(c2cccc(CCCC)c2)[N+](=[N-])C(c2cccc(CCCCCCCCCC)c2)=C1C=CCCCCCCCCCCCCCCCCCCCCCCCC.[CH2-]CCCCCCCCCCCCCCCCCCCCC.[CH2-]CCCCCCCCCCCCCCCCCCCCC.[Ni+2]. The molecule has 2 nitrogen and oxygen atoms in total. The van der Waals surface area contributed by atoms with Gasteiger partial charge < -0.3 is 19.4 Å². The molecule has 0 atom stereocenters. The van der Waals surface area contributed by atoms with Gasteiger partial charge in [-0.3, -0.25) is 0 Å². The van der Waals surface area contributed by atoms with Gasteiger partial charge in [0.2, 0.25) is 11.4 Å². The molecule has 0 bridgehead atoms. The van der Waals surface area contributed by atoms with Gasteiger partial charge in [-0.25, -0.2) is 4.70 Å². The Morgan fingerprint density at radius 2 is 0.387 bits per heavy atom. The Kier molecular flexibility index (Phi) is 101. The molecule has 0 unspecified atom stereocenters. The maximum Gasteiger partial charge on any atom is 2.00 e. The van der Waals surface area contributed by atoms with E-state index in [4.69, 9.17) is 0 Å². The van der Waals surface area contributed by atoms with E-state index in [0.717, 1.165) is 72.2 Å². The average Bonchev–Trinajstić information content (AvgIpc) is 1.61. The molecule has 0 amide bonds. The first-order valence-corrected chi connectivity index (χ1v) is 57.1. The number of nitrogens with zero attached hydrogens (tertiary/aromatic N) is 2. The van der Waals surface area contributed by atoms with Crippen LogP contribution in [0.3, 0.4) is 0 Å². The van der Waals surface area contributed by atoms with E-state index >= 15 is 0 Å². The third-order valence-corrected chi connectivity index (χ3v) is 27.2. The van der Waals surface area contributed by atoms with E-state index in [2.05, 4.69) is 128 Å². The second-order valence-electron chi connectivity index (χ2n) is 39.5. The van der Waals surface area contributed by atoms with E-state index in [1.807, 2.05) is 0 Å². The third kappa shape index (κ3) is 80.4. The monoisotopic (exact) mass is 1760 g/mol. The summed E-state index contributed by atoms with van der Waals surface area (Å²) in [6.45, 7) is 21.6. The van der Waals surface area contributed by atoms with Crippen LogP contribution in [0.5, 0.6) is 0 Å². The molecule has 2 aromatic carbocycles. The van der Waals surface area contributed by atoms with Crippen LogP contribution in [-0.4, -0.2) is 4.70 Å². The van der Waals surface area contributed by atoms with Crippen LogP contribution < -0.4 is 0 Å². The molecule has 724 valence electrons. The van der Waals surface area contributed by atoms with Crippen LogP contribution >= 0.6 is 0 Å². The fraction of sp³-hybridized carbons (Fsp3) is 0.818. The van der Waals surface area contributed by atoms with Crippen LogP contribution in [-0.2, 0) is 29.3 Å². The Morgan fingerprint density at radius 1 is 0.218 bits per heavy atom. The second kappa shape index (κ2) is 103. The minimum atomic E-state index is 0. The predicted molar refractivity (Wildman–Crippen MR) is 561 cm³/mol. The summed E-state index contributed by atoms with van der Waals surface area (Å²) in [7, 11) is 0. The van der Waals surface area contributed by atoms with Crippen molar-refractivity contribution in [1.29, 1.82) is 0 Å². The molecule has 1 heterocycles. The largest absolute Gasteiger partial charge is 2.00 e. The van der Waals surface area contributed by atoms with Gasteiger partial charge in [0.05, 0.1) is 11.1 Å². The summed E-state index contributed by atoms with van der Waals surface area (Å²) in [4.78, 5) is 0. The van der Waals surface area contributed by atoms with Crippen LogP contribution in [0.2, 0.25) is 0 Å². The Hall–Kier alpha value is -2.51. The van der Waals surface area contributed by atoms with E-state index < -0.39 is 0 Å². The van der Waals surface area contributed by atoms with Crippen molar-refractivity contribution >= 4 is 11.4 Å². The van der Waals surface area contributed by atoms with Gasteiger partial charge in [-0.15, -0.1) is 0 Å². The van der Waals surface area contributed by atoms with E-state index in [-0.39, 0.29) is 16.5 Å². The quantitative estimate of drug-likeness (QED) is 0.0273. The molecule has 1 aliphatic rings. The number of hydrogen-bond donors (Lipinski definition) is 0. The zero-order valence-electron chi connectivity index (χ0n) is 85.3. The van der Waals surface area contributed by atoms with Crippen LogP contribution in [0.4, 0.5) is 0 Å². The fourth-order valence-corrected chi connectivity index (χ4v) is 18.9. The van der Waals surface area contributed by atoms with Crippen molar-refractivity contribution in [3.63, 3.8) is 0 Å². The molecule has 0 saturated carbocycles. The molecule has 2 aromatic rings. The van der Waals surface area contributed by atoms with Crippen molar-refractivity contribution in [2.75, 3.05) is 0 Å². The Balaban J connectivity index is 0.00000272. The topological polar surface area (TPSA) is 25.3 Å². The van der Waals surface area contributed by atoms with E-state index in [9.17, 15) is 5.53 Å². The summed E-state index contributed by atoms with van der Waals surface area (Å²) in [6, 6.07) is 18.2. The van der Waals surface area contributed by atoms with Crippen molar-refractivity contribution in [2.45, 2.75) is 639 Å². The number of unbranched alkanes of at least 4 members (excludes halogenated alkanes) is 85. The minimum absolute atomic E-state index is 0. The average molecular weight is 1760 g/mol. The summed E-state index contributed by atoms with van der Waals surface area (Å²) in [5.41, 5.74) is 21.8. The van der Waals surface area contributed by atoms with Crippen molar-refractivity contribution in [2.24, 2.45) is 0 Å². The fourth-order valence-electron chi connectivity index (χ4n) is 18.9. The molecule has 0 spiro atoms. The van der Waals surface area contributed by atoms with Gasteiger partial charge in [0.15, 0.2) is 0 Å². The van der Waals surface area contributed by atoms with Crippen LogP contribution in [0.1, 0.15) is 648 Å². The molecule has 0 radical (unpaired) electrons. The summed E-state index contributed by atoms with van der Waals surface area (Å²) in [5.74, 6) is 0. The number of allylic oxidation sites excluding steroid dienone is 6. The maximum absolute atomic E-state index is 12.6. The smallest absolute Gasteiger partial charge is 0.493 e. The minimum Gasteiger partial charge on any atom is -0.493 e. The molecular weight excluding hydrogens is 1540 g/mol. The standard InChI is InChI=1S/C77H130N2.2C22H45.Ni/c1-5-9-13-16-19-22-24-26-28-30-32-33-34-35-36-38-40-42-44-46-48-51-54-57-67-75-74(66-56-53-50-47-45-43-41-39-37-31-29-27-25-23-20-17-14-10-6-2)76(72-64-58-62-70(68-72)60-12-8-4)79(78)77(75)73-65-59-63-71(69-73)61-55-52-49-21-18-15-11-7-3;2*1-3-5-7-9-11-13-15-17-19-21-22-20-18-16-14-12-10-8-6-4-2;/h56-59,62-69H,5-55,60-61H2,1-4H3;2*1,3-22H2,2H3;/q;2*-1;+2. The molecule has 0 saturated heterocycles. The zero-order chi connectivity index (χ0) is 88.4. The number of hydrogen-bond acceptors (Lipinski definition) is 0. The zero-order valence-corrected chi connectivity index (χ0v) is 86.3. The van der Waals surface area contributed by atoms with Crippen LogP contribution in [0.25, 0.3) is 16.9 Å². The van der Waals surface area contributed by atoms with Gasteiger partial charge >= 0.3 is 16.5 Å². The number of benzene rings is 2. The third-order valence-electron chi connectivity index (χ3n) is 27.2. The first-order chi connectivity index (χ1) is 61.0. The molecule has 124 heavy (non-hydrogen) atoms. The molecule has 3 rings (SSSR count). The predicted octanol–water partition coefficient (Wildman–Crippen LogP) is 44.3. The van der Waals surface area contributed by atoms with Crippen molar-refractivity contribution in [1.82, 2.24) is 0 Å². The van der Waals surface area contributed by atoms with Crippen molar-refractivity contribution in [3.05, 3.63) is 126 Å². The van der Waals surface area contributed by atoms with Gasteiger partial charge in [0.25, 0.3) is 0 Å². The van der Waals surface area contributed by atoms with Crippen LogP contribution in [0, 0.1) is 13.8 Å². The van der Waals surface area contributed by atoms with Gasteiger partial charge in [-0.2, -0.15) is 12.8 Å². The van der Waals surface area contributed by atoms with Gasteiger partial charge in [-0.05, 0) is 86.8 Å². The summed E-state index contributed by atoms with van der Waals surface area (Å²) < 4.78 is 1.57. The van der Waals surface area contributed by atoms with Crippen molar-refractivity contribution < 1.29 is 21.2 Å². The normalized spacial score (nSPS) is 12.3. The van der Waals surface area contributed by atoms with E-state index in [1.54, 1.807) is 4.70 Å². The molecule has 3 heteroatoms. The number of aryl methyl sites for hydroxylation is 2. The van der Waals surface area contributed by atoms with Crippen molar-refractivity contribution in [3.8, 4) is 0 Å². The summed E-state index contributed by atoms with van der Waals surface area (Å²) >= 11 is 0. The summed E-state index contributed by atoms with van der Waals surface area (Å²) in [6.07, 6.45) is 140. The first kappa shape index (κ1) is 121. The van der Waals surface area contributed by atoms with Gasteiger partial charge in [0, 0.05) is 11.1 Å². The van der Waals surface area contributed by atoms with Crippen LogP contribution in [0.15, 0.2) is 84.0 Å². The maximum atomic E-state index is 12.6. The first-order valence-electron chi connectivity index (χ1n) is 57.1. The summed E-state index contributed by atoms with van der Waals surface area (Å²) in [5, 5.41) is 0. The molecular formula is C121H220N2Ni.